The molecule has 0 spiro atoms. The van der Waals surface area contributed by atoms with E-state index in [1.54, 1.807) is 11.8 Å². The molecule has 35 heavy (non-hydrogen) atoms. The number of hydrogen-bond acceptors (Lipinski definition) is 4. The molecule has 0 bridgehead atoms. The number of rotatable bonds is 12. The number of benzene rings is 1. The number of nitrogens with one attached hydrogen (secondary N) is 3. The fourth-order valence-corrected chi connectivity index (χ4v) is 3.56. The second-order valence-corrected chi connectivity index (χ2v) is 8.86. The number of hydrogen-bond donors (Lipinski definition) is 3. The summed E-state index contributed by atoms with van der Waals surface area (Å²) in [5, 5.41) is 5.46. The minimum atomic E-state index is -1.05. The molecule has 3 N–H and O–H groups in total. The summed E-state index contributed by atoms with van der Waals surface area (Å²) in [4.78, 5) is 46.9. The van der Waals surface area contributed by atoms with Gasteiger partial charge in [0.15, 0.2) is 0 Å². The van der Waals surface area contributed by atoms with Crippen molar-refractivity contribution in [2.24, 2.45) is 5.92 Å². The number of nitrogens with zero attached hydrogens (tertiary/aromatic N) is 2. The van der Waals surface area contributed by atoms with Gasteiger partial charge in [0.05, 0.1) is 24.4 Å². The Kier molecular flexibility index (Phi) is 10.4. The summed E-state index contributed by atoms with van der Waals surface area (Å²) in [5.41, 5.74) is 0.470. The molecular formula is C25H35F2N5O3. The lowest BCUT2D eigenvalue weighted by Gasteiger charge is -2.24. The van der Waals surface area contributed by atoms with Crippen molar-refractivity contribution in [3.63, 3.8) is 0 Å². The smallest absolute Gasteiger partial charge is 0.243 e. The van der Waals surface area contributed by atoms with Gasteiger partial charge in [0.2, 0.25) is 17.7 Å². The summed E-state index contributed by atoms with van der Waals surface area (Å²) in [5.74, 6) is -1.82. The number of halogens is 2. The van der Waals surface area contributed by atoms with E-state index in [0.717, 1.165) is 12.1 Å². The highest BCUT2D eigenvalue weighted by Gasteiger charge is 2.27. The van der Waals surface area contributed by atoms with Crippen LogP contribution in [0.2, 0.25) is 0 Å². The number of aromatic amines is 1. The topological polar surface area (TPSA) is 107 Å². The Hall–Kier alpha value is -3.30. The summed E-state index contributed by atoms with van der Waals surface area (Å²) < 4.78 is 27.3. The zero-order valence-corrected chi connectivity index (χ0v) is 21.0. The summed E-state index contributed by atoms with van der Waals surface area (Å²) in [7, 11) is 0. The molecule has 1 aromatic carbocycles. The first kappa shape index (κ1) is 27.9. The molecule has 0 radical (unpaired) electrons. The molecule has 2 aromatic rings. The molecule has 1 aromatic heterocycles. The summed E-state index contributed by atoms with van der Waals surface area (Å²) in [6.45, 7) is 10.4. The van der Waals surface area contributed by atoms with Crippen molar-refractivity contribution < 1.29 is 23.2 Å². The van der Waals surface area contributed by atoms with Crippen LogP contribution in [0.15, 0.2) is 24.4 Å². The van der Waals surface area contributed by atoms with Crippen LogP contribution >= 0.6 is 0 Å². The van der Waals surface area contributed by atoms with Crippen molar-refractivity contribution in [1.82, 2.24) is 25.5 Å². The van der Waals surface area contributed by atoms with Crippen LogP contribution in [0.3, 0.4) is 0 Å². The maximum atomic E-state index is 14.1. The number of imidazole rings is 1. The van der Waals surface area contributed by atoms with Gasteiger partial charge >= 0.3 is 0 Å². The van der Waals surface area contributed by atoms with Crippen molar-refractivity contribution in [2.45, 2.75) is 66.0 Å². The monoisotopic (exact) mass is 491 g/mol. The molecule has 0 aliphatic rings. The molecule has 0 aliphatic carbocycles. The van der Waals surface area contributed by atoms with E-state index in [-0.39, 0.29) is 30.2 Å². The van der Waals surface area contributed by atoms with Gasteiger partial charge in [0, 0.05) is 31.1 Å². The van der Waals surface area contributed by atoms with Crippen molar-refractivity contribution >= 4 is 17.7 Å². The number of amides is 3. The van der Waals surface area contributed by atoms with Gasteiger partial charge < -0.3 is 20.5 Å². The van der Waals surface area contributed by atoms with Gasteiger partial charge in [-0.3, -0.25) is 14.4 Å². The largest absolute Gasteiger partial charge is 0.345 e. The highest BCUT2D eigenvalue weighted by molar-refractivity contribution is 5.92. The summed E-state index contributed by atoms with van der Waals surface area (Å²) in [6.07, 6.45) is 2.14. The van der Waals surface area contributed by atoms with Gasteiger partial charge in [-0.15, -0.1) is 0 Å². The molecule has 0 aliphatic heterocycles. The number of H-pyrrole nitrogens is 1. The SMILES string of the molecule is CCN(CC)C(=O)CC(NC(=O)CCC(C)C)C(=O)N[C@@H](C)c1ncc(-c2ccc(F)cc2F)[nH]1. The standard InChI is InChI=1S/C25H35F2N5O3/c1-6-32(7-2)23(34)13-20(30-22(33)11-8-15(3)4)25(35)29-16(5)24-28-14-21(31-24)18-10-9-17(26)12-19(18)27/h9-10,12,14-16,20H,6-8,11,13H2,1-5H3,(H,28,31)(H,29,35)(H,30,33)/t16-,20?/m0/s1. The molecule has 10 heteroatoms. The van der Waals surface area contributed by atoms with Gasteiger partial charge in [0.1, 0.15) is 23.5 Å². The normalized spacial score (nSPS) is 12.8. The molecule has 3 amide bonds. The minimum Gasteiger partial charge on any atom is -0.345 e. The maximum absolute atomic E-state index is 14.1. The lowest BCUT2D eigenvalue weighted by Crippen LogP contribution is -2.50. The lowest BCUT2D eigenvalue weighted by atomic mass is 10.1. The van der Waals surface area contributed by atoms with Crippen LogP contribution < -0.4 is 10.6 Å². The number of carbonyl (C=O) groups is 3. The maximum Gasteiger partial charge on any atom is 0.243 e. The third kappa shape index (κ3) is 8.15. The van der Waals surface area contributed by atoms with E-state index < -0.39 is 29.6 Å². The van der Waals surface area contributed by atoms with Crippen molar-refractivity contribution in [1.29, 1.82) is 0 Å². The van der Waals surface area contributed by atoms with Crippen LogP contribution in [-0.2, 0) is 14.4 Å². The highest BCUT2D eigenvalue weighted by Crippen LogP contribution is 2.23. The summed E-state index contributed by atoms with van der Waals surface area (Å²) in [6, 6.07) is 1.55. The molecule has 0 saturated carbocycles. The average Bonchev–Trinajstić information content (AvgIpc) is 3.28. The zero-order chi connectivity index (χ0) is 26.1. The number of carbonyl (C=O) groups excluding carboxylic acids is 3. The molecular weight excluding hydrogens is 456 g/mol. The van der Waals surface area contributed by atoms with E-state index >= 15 is 0 Å². The summed E-state index contributed by atoms with van der Waals surface area (Å²) >= 11 is 0. The van der Waals surface area contributed by atoms with E-state index in [9.17, 15) is 23.2 Å². The van der Waals surface area contributed by atoms with Gasteiger partial charge in [0.25, 0.3) is 0 Å². The fraction of sp³-hybridized carbons (Fsp3) is 0.520. The van der Waals surface area contributed by atoms with Crippen molar-refractivity contribution in [2.75, 3.05) is 13.1 Å². The molecule has 8 nitrogen and oxygen atoms in total. The Morgan fingerprint density at radius 2 is 1.77 bits per heavy atom. The molecule has 1 heterocycles. The second-order valence-electron chi connectivity index (χ2n) is 8.86. The van der Waals surface area contributed by atoms with Crippen LogP contribution in [0.25, 0.3) is 11.3 Å². The van der Waals surface area contributed by atoms with Crippen LogP contribution in [0.4, 0.5) is 8.78 Å². The van der Waals surface area contributed by atoms with Gasteiger partial charge in [-0.25, -0.2) is 13.8 Å². The van der Waals surface area contributed by atoms with Crippen LogP contribution in [-0.4, -0.2) is 51.7 Å². The minimum absolute atomic E-state index is 0.142. The van der Waals surface area contributed by atoms with Gasteiger partial charge in [-0.2, -0.15) is 0 Å². The van der Waals surface area contributed by atoms with Gasteiger partial charge in [-0.05, 0) is 45.2 Å². The Morgan fingerprint density at radius 1 is 1.09 bits per heavy atom. The second kappa shape index (κ2) is 13.0. The molecule has 1 unspecified atom stereocenters. The van der Waals surface area contributed by atoms with Crippen molar-refractivity contribution in [3.8, 4) is 11.3 Å². The molecule has 0 fully saturated rings. The van der Waals surface area contributed by atoms with E-state index in [1.807, 2.05) is 27.7 Å². The van der Waals surface area contributed by atoms with Crippen LogP contribution in [0, 0.1) is 17.6 Å². The van der Waals surface area contributed by atoms with E-state index in [2.05, 4.69) is 20.6 Å². The molecule has 2 atom stereocenters. The van der Waals surface area contributed by atoms with E-state index in [1.165, 1.54) is 12.3 Å². The number of aromatic nitrogens is 2. The van der Waals surface area contributed by atoms with Crippen LogP contribution in [0.5, 0.6) is 0 Å². The highest BCUT2D eigenvalue weighted by atomic mass is 19.1. The first-order chi connectivity index (χ1) is 16.5. The molecule has 0 saturated heterocycles. The third-order valence-electron chi connectivity index (χ3n) is 5.68. The van der Waals surface area contributed by atoms with Crippen molar-refractivity contribution in [3.05, 3.63) is 41.9 Å². The zero-order valence-electron chi connectivity index (χ0n) is 21.0. The van der Waals surface area contributed by atoms with E-state index in [0.29, 0.717) is 36.9 Å². The van der Waals surface area contributed by atoms with Crippen LogP contribution in [0.1, 0.15) is 65.7 Å². The Morgan fingerprint density at radius 3 is 2.37 bits per heavy atom. The molecule has 2 rings (SSSR count). The first-order valence-electron chi connectivity index (χ1n) is 11.9. The Labute approximate surface area is 204 Å². The Bertz CT molecular complexity index is 1020. The predicted molar refractivity (Wildman–Crippen MR) is 129 cm³/mol. The third-order valence-corrected chi connectivity index (χ3v) is 5.68. The Balaban J connectivity index is 2.14. The predicted octanol–water partition coefficient (Wildman–Crippen LogP) is 3.71. The average molecular weight is 492 g/mol. The molecule has 192 valence electrons. The quantitative estimate of drug-likeness (QED) is 0.421. The lowest BCUT2D eigenvalue weighted by molar-refractivity contribution is -0.136. The first-order valence-corrected chi connectivity index (χ1v) is 11.9. The fourth-order valence-electron chi connectivity index (χ4n) is 3.56. The van der Waals surface area contributed by atoms with E-state index in [4.69, 9.17) is 0 Å². The van der Waals surface area contributed by atoms with Gasteiger partial charge in [-0.1, -0.05) is 13.8 Å².